The van der Waals surface area contributed by atoms with Crippen molar-refractivity contribution < 1.29 is 4.79 Å². The third kappa shape index (κ3) is 10.4. The molecule has 0 aromatic heterocycles. The van der Waals surface area contributed by atoms with Crippen LogP contribution in [-0.2, 0) is 0 Å². The van der Waals surface area contributed by atoms with Crippen LogP contribution in [0.4, 0.5) is 5.69 Å². The van der Waals surface area contributed by atoms with Gasteiger partial charge in [0.2, 0.25) is 0 Å². The number of nitrogens with zero attached hydrogens (tertiary/aromatic N) is 4. The van der Waals surface area contributed by atoms with Gasteiger partial charge in [0, 0.05) is 22.1 Å². The quantitative estimate of drug-likeness (QED) is 0.0663. The van der Waals surface area contributed by atoms with Gasteiger partial charge in [-0.05, 0) is 49.8 Å². The Morgan fingerprint density at radius 3 is 1.97 bits per heavy atom. The smallest absolute Gasteiger partial charge is 0.166 e. The lowest BCUT2D eigenvalue weighted by Crippen LogP contribution is -2.22. The standard InChI is InChI=1S/C30H46N4O/c1-4-5-6-7-8-9-10-11-12-13-14-15-18-25(23-24-34(2)3)30(35)28-21-22-29(32-33-31)27-20-17-16-19-26(27)28/h16-17,19-22,25H,4-15,18,23-24H2,1-3H3. The number of unbranched alkanes of at least 4 members (excludes halogenated alkanes) is 11. The largest absolute Gasteiger partial charge is 0.309 e. The van der Waals surface area contributed by atoms with Gasteiger partial charge in [-0.3, -0.25) is 4.79 Å². The van der Waals surface area contributed by atoms with Gasteiger partial charge in [0.15, 0.2) is 5.78 Å². The van der Waals surface area contributed by atoms with Gasteiger partial charge >= 0.3 is 0 Å². The maximum atomic E-state index is 13.7. The summed E-state index contributed by atoms with van der Waals surface area (Å²) in [5.41, 5.74) is 10.2. The van der Waals surface area contributed by atoms with Gasteiger partial charge in [-0.25, -0.2) is 0 Å². The van der Waals surface area contributed by atoms with Crippen LogP contribution in [0.2, 0.25) is 0 Å². The predicted octanol–water partition coefficient (Wildman–Crippen LogP) is 9.62. The number of carbonyl (C=O) groups excluding carboxylic acids is 1. The van der Waals surface area contributed by atoms with Crippen LogP contribution in [0.5, 0.6) is 0 Å². The van der Waals surface area contributed by atoms with Crippen molar-refractivity contribution in [3.63, 3.8) is 0 Å². The lowest BCUT2D eigenvalue weighted by Gasteiger charge is -2.19. The van der Waals surface area contributed by atoms with Gasteiger partial charge in [-0.2, -0.15) is 0 Å². The molecule has 0 aliphatic carbocycles. The number of Topliss-reactive ketones (excluding diaryl/α,β-unsaturated/α-hetero) is 1. The van der Waals surface area contributed by atoms with Gasteiger partial charge in [0.1, 0.15) is 0 Å². The number of ketones is 1. The molecule has 0 spiro atoms. The molecule has 0 aliphatic heterocycles. The van der Waals surface area contributed by atoms with Crippen molar-refractivity contribution in [1.82, 2.24) is 4.90 Å². The summed E-state index contributed by atoms with van der Waals surface area (Å²) in [6.07, 6.45) is 17.7. The Morgan fingerprint density at radius 1 is 0.829 bits per heavy atom. The summed E-state index contributed by atoms with van der Waals surface area (Å²) in [6, 6.07) is 11.4. The third-order valence-electron chi connectivity index (χ3n) is 7.02. The van der Waals surface area contributed by atoms with E-state index in [2.05, 4.69) is 35.9 Å². The molecule has 0 fully saturated rings. The molecule has 1 atom stereocenters. The van der Waals surface area contributed by atoms with Gasteiger partial charge in [0.05, 0.1) is 0 Å². The first-order valence-corrected chi connectivity index (χ1v) is 13.8. The molecule has 0 aliphatic rings. The van der Waals surface area contributed by atoms with Crippen LogP contribution in [0.15, 0.2) is 41.5 Å². The van der Waals surface area contributed by atoms with Gasteiger partial charge in [-0.1, -0.05) is 125 Å². The molecule has 35 heavy (non-hydrogen) atoms. The molecular formula is C30H46N4O. The molecule has 0 amide bonds. The summed E-state index contributed by atoms with van der Waals surface area (Å²) in [7, 11) is 4.13. The predicted molar refractivity (Wildman–Crippen MR) is 149 cm³/mol. The highest BCUT2D eigenvalue weighted by Gasteiger charge is 2.22. The third-order valence-corrected chi connectivity index (χ3v) is 7.02. The monoisotopic (exact) mass is 478 g/mol. The lowest BCUT2D eigenvalue weighted by atomic mass is 9.87. The molecule has 192 valence electrons. The van der Waals surface area contributed by atoms with Crippen LogP contribution in [0, 0.1) is 5.92 Å². The number of rotatable bonds is 19. The Morgan fingerprint density at radius 2 is 1.40 bits per heavy atom. The van der Waals surface area contributed by atoms with E-state index in [4.69, 9.17) is 5.53 Å². The molecule has 1 unspecified atom stereocenters. The number of carbonyl (C=O) groups is 1. The Hall–Kier alpha value is -2.36. The first-order chi connectivity index (χ1) is 17.1. The van der Waals surface area contributed by atoms with E-state index in [1.807, 2.05) is 30.3 Å². The van der Waals surface area contributed by atoms with E-state index in [9.17, 15) is 4.79 Å². The Bertz CT molecular complexity index is 933. The van der Waals surface area contributed by atoms with E-state index in [0.29, 0.717) is 5.69 Å². The highest BCUT2D eigenvalue weighted by Crippen LogP contribution is 2.32. The minimum Gasteiger partial charge on any atom is -0.309 e. The number of hydrogen-bond acceptors (Lipinski definition) is 3. The van der Waals surface area contributed by atoms with Crippen LogP contribution < -0.4 is 0 Å². The zero-order valence-corrected chi connectivity index (χ0v) is 22.3. The van der Waals surface area contributed by atoms with Crippen molar-refractivity contribution in [1.29, 1.82) is 0 Å². The van der Waals surface area contributed by atoms with Crippen LogP contribution in [0.1, 0.15) is 107 Å². The SMILES string of the molecule is CCCCCCCCCCCCCCC(CCN(C)C)C(=O)c1ccc(N=[N+]=[N-])c2ccccc12. The number of azide groups is 1. The van der Waals surface area contributed by atoms with Crippen LogP contribution in [0.3, 0.4) is 0 Å². The molecule has 0 N–H and O–H groups in total. The zero-order valence-electron chi connectivity index (χ0n) is 22.3. The summed E-state index contributed by atoms with van der Waals surface area (Å²) in [5.74, 6) is 0.243. The molecule has 2 aromatic rings. The lowest BCUT2D eigenvalue weighted by molar-refractivity contribution is 0.0899. The molecule has 5 nitrogen and oxygen atoms in total. The van der Waals surface area contributed by atoms with Crippen molar-refractivity contribution in [3.8, 4) is 0 Å². The molecule has 0 radical (unpaired) electrons. The van der Waals surface area contributed by atoms with E-state index in [-0.39, 0.29) is 11.7 Å². The first kappa shape index (κ1) is 28.9. The fourth-order valence-electron chi connectivity index (χ4n) is 4.91. The minimum absolute atomic E-state index is 0.0224. The Kier molecular flexibility index (Phi) is 14.1. The summed E-state index contributed by atoms with van der Waals surface area (Å²) in [6.45, 7) is 3.18. The van der Waals surface area contributed by atoms with Gasteiger partial charge in [0.25, 0.3) is 0 Å². The maximum Gasteiger partial charge on any atom is 0.166 e. The average Bonchev–Trinajstić information content (AvgIpc) is 2.86. The van der Waals surface area contributed by atoms with E-state index in [1.54, 1.807) is 6.07 Å². The van der Waals surface area contributed by atoms with E-state index in [0.717, 1.165) is 42.1 Å². The summed E-state index contributed by atoms with van der Waals surface area (Å²) in [5, 5.41) is 5.54. The van der Waals surface area contributed by atoms with Crippen molar-refractivity contribution >= 4 is 22.2 Å². The van der Waals surface area contributed by atoms with Crippen molar-refractivity contribution in [3.05, 3.63) is 52.4 Å². The van der Waals surface area contributed by atoms with Crippen LogP contribution in [0.25, 0.3) is 21.2 Å². The fraction of sp³-hybridized carbons (Fsp3) is 0.633. The molecular weight excluding hydrogens is 432 g/mol. The van der Waals surface area contributed by atoms with E-state index in [1.165, 1.54) is 70.6 Å². The zero-order chi connectivity index (χ0) is 25.3. The van der Waals surface area contributed by atoms with Crippen molar-refractivity contribution in [2.75, 3.05) is 20.6 Å². The maximum absolute atomic E-state index is 13.7. The van der Waals surface area contributed by atoms with E-state index >= 15 is 0 Å². The highest BCUT2D eigenvalue weighted by molar-refractivity contribution is 6.11. The summed E-state index contributed by atoms with van der Waals surface area (Å²) < 4.78 is 0. The second-order valence-corrected chi connectivity index (χ2v) is 10.2. The molecule has 2 aromatic carbocycles. The van der Waals surface area contributed by atoms with Gasteiger partial charge in [-0.15, -0.1) is 0 Å². The number of fused-ring (bicyclic) bond motifs is 1. The van der Waals surface area contributed by atoms with Crippen LogP contribution >= 0.6 is 0 Å². The highest BCUT2D eigenvalue weighted by atomic mass is 16.1. The molecule has 2 rings (SSSR count). The van der Waals surface area contributed by atoms with E-state index < -0.39 is 0 Å². The average molecular weight is 479 g/mol. The van der Waals surface area contributed by atoms with Crippen molar-refractivity contribution in [2.24, 2.45) is 11.0 Å². The molecule has 0 saturated heterocycles. The second kappa shape index (κ2) is 17.1. The normalized spacial score (nSPS) is 12.1. The molecule has 0 saturated carbocycles. The Labute approximate surface area is 212 Å². The topological polar surface area (TPSA) is 69.1 Å². The van der Waals surface area contributed by atoms with Crippen molar-refractivity contribution in [2.45, 2.75) is 96.8 Å². The summed E-state index contributed by atoms with van der Waals surface area (Å²) in [4.78, 5) is 18.8. The second-order valence-electron chi connectivity index (χ2n) is 10.2. The number of benzene rings is 2. The molecule has 0 bridgehead atoms. The number of hydrogen-bond donors (Lipinski definition) is 0. The first-order valence-electron chi connectivity index (χ1n) is 13.8. The van der Waals surface area contributed by atoms with Gasteiger partial charge < -0.3 is 4.90 Å². The molecule has 5 heteroatoms. The Balaban J connectivity index is 1.87. The molecule has 0 heterocycles. The van der Waals surface area contributed by atoms with Crippen LogP contribution in [-0.4, -0.2) is 31.3 Å². The minimum atomic E-state index is 0.0224. The summed E-state index contributed by atoms with van der Waals surface area (Å²) >= 11 is 0. The fourth-order valence-corrected chi connectivity index (χ4v) is 4.91.